The van der Waals surface area contributed by atoms with Crippen molar-refractivity contribution in [3.05, 3.63) is 35.9 Å². The van der Waals surface area contributed by atoms with Crippen LogP contribution in [0.4, 0.5) is 0 Å². The quantitative estimate of drug-likeness (QED) is 0.663. The molecular weight excluding hydrogens is 358 g/mol. The highest BCUT2D eigenvalue weighted by Crippen LogP contribution is 2.06. The van der Waals surface area contributed by atoms with Crippen molar-refractivity contribution in [2.24, 2.45) is 11.8 Å². The smallest absolute Gasteiger partial charge is 0.350 e. The molecule has 8 heteroatoms. The predicted molar refractivity (Wildman–Crippen MR) is 99.9 cm³/mol. The van der Waals surface area contributed by atoms with E-state index in [1.807, 2.05) is 44.2 Å². The number of nitrogens with one attached hydrogen (secondary N) is 1. The molecule has 2 N–H and O–H groups in total. The summed E-state index contributed by atoms with van der Waals surface area (Å²) in [6.07, 6.45) is 0.412. The fraction of sp³-hybridized carbons (Fsp3) is 0.556. The van der Waals surface area contributed by atoms with Crippen LogP contribution in [0.1, 0.15) is 40.2 Å². The second kappa shape index (κ2) is 11.8. The maximum Gasteiger partial charge on any atom is 0.397 e. The molecule has 1 amide bonds. The fourth-order valence-electron chi connectivity index (χ4n) is 1.59. The van der Waals surface area contributed by atoms with Crippen LogP contribution in [0.15, 0.2) is 30.3 Å². The molecule has 0 heterocycles. The molecule has 0 saturated heterocycles. The van der Waals surface area contributed by atoms with Gasteiger partial charge < -0.3 is 5.32 Å². The van der Waals surface area contributed by atoms with E-state index >= 15 is 0 Å². The van der Waals surface area contributed by atoms with E-state index in [9.17, 15) is 18.0 Å². The van der Waals surface area contributed by atoms with E-state index in [2.05, 4.69) is 9.50 Å². The lowest BCUT2D eigenvalue weighted by molar-refractivity contribution is -0.125. The maximum atomic E-state index is 11.7. The van der Waals surface area contributed by atoms with Crippen LogP contribution < -0.4 is 5.32 Å². The van der Waals surface area contributed by atoms with Gasteiger partial charge in [0.25, 0.3) is 0 Å². The minimum atomic E-state index is -4.52. The number of amides is 1. The van der Waals surface area contributed by atoms with E-state index in [1.54, 1.807) is 20.8 Å². The van der Waals surface area contributed by atoms with Gasteiger partial charge in [0.05, 0.1) is 12.6 Å². The van der Waals surface area contributed by atoms with E-state index in [1.165, 1.54) is 0 Å². The molecule has 7 nitrogen and oxygen atoms in total. The first kappa shape index (κ1) is 24.2. The van der Waals surface area contributed by atoms with Gasteiger partial charge in [0, 0.05) is 11.8 Å². The van der Waals surface area contributed by atoms with Crippen LogP contribution in [0.5, 0.6) is 0 Å². The van der Waals surface area contributed by atoms with Gasteiger partial charge in [-0.3, -0.25) is 14.1 Å². The lowest BCUT2D eigenvalue weighted by Crippen LogP contribution is -2.42. The topological polar surface area (TPSA) is 110 Å². The van der Waals surface area contributed by atoms with Crippen molar-refractivity contribution in [1.82, 2.24) is 5.32 Å². The van der Waals surface area contributed by atoms with Gasteiger partial charge in [0.2, 0.25) is 5.91 Å². The minimum Gasteiger partial charge on any atom is -0.350 e. The monoisotopic (exact) mass is 387 g/mol. The van der Waals surface area contributed by atoms with Crippen molar-refractivity contribution in [3.63, 3.8) is 0 Å². The van der Waals surface area contributed by atoms with Gasteiger partial charge in [-0.15, -0.1) is 0 Å². The normalized spacial score (nSPS) is 12.3. The summed E-state index contributed by atoms with van der Waals surface area (Å²) >= 11 is 0. The summed E-state index contributed by atoms with van der Waals surface area (Å²) in [6, 6.07) is 8.75. The summed E-state index contributed by atoms with van der Waals surface area (Å²) in [4.78, 5) is 21.8. The molecule has 0 aliphatic heterocycles. The van der Waals surface area contributed by atoms with Gasteiger partial charge in [-0.2, -0.15) is 8.42 Å². The van der Waals surface area contributed by atoms with Crippen LogP contribution in [0.3, 0.4) is 0 Å². The first-order valence-electron chi connectivity index (χ1n) is 8.39. The van der Waals surface area contributed by atoms with Crippen LogP contribution >= 0.6 is 0 Å². The average Bonchev–Trinajstić information content (AvgIpc) is 2.53. The maximum absolute atomic E-state index is 11.7. The van der Waals surface area contributed by atoms with E-state index in [-0.39, 0.29) is 30.1 Å². The molecule has 148 valence electrons. The van der Waals surface area contributed by atoms with Crippen molar-refractivity contribution in [1.29, 1.82) is 0 Å². The predicted octanol–water partition coefficient (Wildman–Crippen LogP) is 2.42. The molecule has 1 atom stereocenters. The van der Waals surface area contributed by atoms with Gasteiger partial charge in [0.1, 0.15) is 5.78 Å². The van der Waals surface area contributed by atoms with Gasteiger partial charge in [0.15, 0.2) is 0 Å². The first-order chi connectivity index (χ1) is 11.9. The average molecular weight is 387 g/mol. The molecule has 26 heavy (non-hydrogen) atoms. The summed E-state index contributed by atoms with van der Waals surface area (Å²) in [5.74, 6) is 0.0453. The van der Waals surface area contributed by atoms with E-state index in [0.29, 0.717) is 6.42 Å². The van der Waals surface area contributed by atoms with E-state index < -0.39 is 16.4 Å². The number of carbonyl (C=O) groups is 2. The third-order valence-corrected chi connectivity index (χ3v) is 3.86. The third kappa shape index (κ3) is 12.6. The Morgan fingerprint density at radius 3 is 1.96 bits per heavy atom. The molecule has 0 aliphatic rings. The molecular formula is C18H29NO6S. The Balaban J connectivity index is 0.000000896. The molecule has 0 unspecified atom stereocenters. The minimum absolute atomic E-state index is 0.204. The Kier molecular flexibility index (Phi) is 11.0. The molecule has 0 aromatic heterocycles. The van der Waals surface area contributed by atoms with Crippen LogP contribution in [0, 0.1) is 11.8 Å². The molecule has 1 aromatic carbocycles. The lowest BCUT2D eigenvalue weighted by atomic mass is 10.1. The van der Waals surface area contributed by atoms with Crippen LogP contribution in [-0.4, -0.2) is 37.3 Å². The summed E-state index contributed by atoms with van der Waals surface area (Å²) in [5.41, 5.74) is 0.931. The molecule has 1 rings (SSSR count). The zero-order chi connectivity index (χ0) is 20.3. The van der Waals surface area contributed by atoms with E-state index in [0.717, 1.165) is 5.56 Å². The number of Topliss-reactive ketones (excluding diaryl/α,β-unsaturated/α-hetero) is 1. The largest absolute Gasteiger partial charge is 0.397 e. The third-order valence-electron chi connectivity index (χ3n) is 3.43. The van der Waals surface area contributed by atoms with E-state index in [4.69, 9.17) is 4.55 Å². The Morgan fingerprint density at radius 1 is 1.08 bits per heavy atom. The molecule has 0 aliphatic carbocycles. The summed E-state index contributed by atoms with van der Waals surface area (Å²) in [6.45, 7) is 8.54. The number of hydrogen-bond acceptors (Lipinski definition) is 5. The number of hydrogen-bond donors (Lipinski definition) is 2. The highest BCUT2D eigenvalue weighted by atomic mass is 32.3. The SMILES string of the molecule is CC(=O)C(C)C.CC(C)C(=O)N[C@H](COS(=O)(=O)O)Cc1ccccc1. The van der Waals surface area contributed by atoms with Crippen LogP contribution in [0.2, 0.25) is 0 Å². The Bertz CT molecular complexity index is 656. The Hall–Kier alpha value is -1.77. The van der Waals surface area contributed by atoms with Crippen molar-refractivity contribution in [2.75, 3.05) is 6.61 Å². The molecule has 0 spiro atoms. The van der Waals surface area contributed by atoms with Crippen molar-refractivity contribution >= 4 is 22.1 Å². The molecule has 0 bridgehead atoms. The zero-order valence-electron chi connectivity index (χ0n) is 15.9. The van der Waals surface area contributed by atoms with Crippen molar-refractivity contribution in [2.45, 2.75) is 47.1 Å². The number of benzene rings is 1. The number of ketones is 1. The van der Waals surface area contributed by atoms with Gasteiger partial charge in [-0.05, 0) is 18.9 Å². The Labute approximate surface area is 156 Å². The molecule has 0 fully saturated rings. The fourth-order valence-corrected chi connectivity index (χ4v) is 1.92. The first-order valence-corrected chi connectivity index (χ1v) is 9.75. The van der Waals surface area contributed by atoms with Gasteiger partial charge in [-0.25, -0.2) is 4.18 Å². The molecule has 0 saturated carbocycles. The standard InChI is InChI=1S/C13H19NO5S.C5H10O/c1-10(2)13(15)14-12(9-19-20(16,17)18)8-11-6-4-3-5-7-11;1-4(2)5(3)6/h3-7,10,12H,8-9H2,1-2H3,(H,14,15)(H,16,17,18);4H,1-3H3/t12-;/m0./s1. The molecule has 1 aromatic rings. The highest BCUT2D eigenvalue weighted by molar-refractivity contribution is 7.80. The second-order valence-electron chi connectivity index (χ2n) is 6.53. The van der Waals surface area contributed by atoms with Crippen molar-refractivity contribution in [3.8, 4) is 0 Å². The zero-order valence-corrected chi connectivity index (χ0v) is 16.7. The number of carbonyl (C=O) groups excluding carboxylic acids is 2. The van der Waals surface area contributed by atoms with Gasteiger partial charge in [-0.1, -0.05) is 58.0 Å². The highest BCUT2D eigenvalue weighted by Gasteiger charge is 2.18. The van der Waals surface area contributed by atoms with Crippen molar-refractivity contribution < 1.29 is 26.7 Å². The Morgan fingerprint density at radius 2 is 1.58 bits per heavy atom. The lowest BCUT2D eigenvalue weighted by Gasteiger charge is -2.19. The summed E-state index contributed by atoms with van der Waals surface area (Å²) < 4.78 is 34.2. The number of rotatable bonds is 8. The summed E-state index contributed by atoms with van der Waals surface area (Å²) in [7, 11) is -4.52. The second-order valence-corrected chi connectivity index (χ2v) is 7.62. The van der Waals surface area contributed by atoms with Gasteiger partial charge >= 0.3 is 10.4 Å². The van der Waals surface area contributed by atoms with Crippen LogP contribution in [-0.2, 0) is 30.6 Å². The summed E-state index contributed by atoms with van der Waals surface area (Å²) in [5, 5.41) is 2.70. The van der Waals surface area contributed by atoms with Crippen LogP contribution in [0.25, 0.3) is 0 Å². The molecule has 0 radical (unpaired) electrons.